The predicted octanol–water partition coefficient (Wildman–Crippen LogP) is 3.74. The van der Waals surface area contributed by atoms with Crippen molar-refractivity contribution in [2.45, 2.75) is 6.42 Å². The second-order valence-corrected chi connectivity index (χ2v) is 5.25. The molecule has 0 saturated carbocycles. The van der Waals surface area contributed by atoms with Gasteiger partial charge in [0.2, 0.25) is 5.91 Å². The molecule has 0 fully saturated rings. The van der Waals surface area contributed by atoms with Crippen LogP contribution in [0.1, 0.15) is 5.56 Å². The number of amides is 1. The number of phenolic OH excluding ortho intramolecular Hbond substituents is 1. The van der Waals surface area contributed by atoms with Crippen LogP contribution in [0.4, 0.5) is 5.69 Å². The summed E-state index contributed by atoms with van der Waals surface area (Å²) in [5, 5.41) is 14.3. The van der Waals surface area contributed by atoms with Crippen molar-refractivity contribution in [1.82, 2.24) is 0 Å². The highest BCUT2D eigenvalue weighted by Gasteiger charge is 2.08. The van der Waals surface area contributed by atoms with Gasteiger partial charge in [0.1, 0.15) is 11.5 Å². The highest BCUT2D eigenvalue weighted by atomic mass is 16.5. The highest BCUT2D eigenvalue weighted by Crippen LogP contribution is 2.29. The third-order valence-corrected chi connectivity index (χ3v) is 3.70. The minimum atomic E-state index is -0.106. The number of aromatic hydroxyl groups is 1. The van der Waals surface area contributed by atoms with Gasteiger partial charge in [-0.05, 0) is 29.8 Å². The normalized spacial score (nSPS) is 10.5. The van der Waals surface area contributed by atoms with E-state index in [9.17, 15) is 9.90 Å². The minimum absolute atomic E-state index is 0.106. The van der Waals surface area contributed by atoms with Crippen molar-refractivity contribution in [3.8, 4) is 11.5 Å². The van der Waals surface area contributed by atoms with Crippen LogP contribution >= 0.6 is 0 Å². The number of benzene rings is 3. The number of carbonyl (C=O) groups excluding carboxylic acids is 1. The summed E-state index contributed by atoms with van der Waals surface area (Å²) in [5.74, 6) is 0.860. The van der Waals surface area contributed by atoms with Gasteiger partial charge in [0.25, 0.3) is 0 Å². The maximum absolute atomic E-state index is 12.3. The first-order valence-corrected chi connectivity index (χ1v) is 7.31. The molecule has 0 unspecified atom stereocenters. The molecular weight excluding hydrogens is 290 g/mol. The van der Waals surface area contributed by atoms with Gasteiger partial charge in [-0.15, -0.1) is 0 Å². The lowest BCUT2D eigenvalue weighted by Crippen LogP contribution is -2.14. The number of nitrogens with one attached hydrogen (secondary N) is 1. The largest absolute Gasteiger partial charge is 0.507 e. The van der Waals surface area contributed by atoms with Crippen molar-refractivity contribution in [1.29, 1.82) is 0 Å². The van der Waals surface area contributed by atoms with Crippen LogP contribution < -0.4 is 10.1 Å². The second-order valence-electron chi connectivity index (χ2n) is 5.25. The maximum Gasteiger partial charge on any atom is 0.228 e. The van der Waals surface area contributed by atoms with Gasteiger partial charge in [0, 0.05) is 16.5 Å². The van der Waals surface area contributed by atoms with Crippen molar-refractivity contribution in [2.24, 2.45) is 0 Å². The number of fused-ring (bicyclic) bond motifs is 1. The van der Waals surface area contributed by atoms with Crippen molar-refractivity contribution in [3.63, 3.8) is 0 Å². The first-order chi connectivity index (χ1) is 11.2. The molecule has 0 bridgehead atoms. The fourth-order valence-electron chi connectivity index (χ4n) is 2.53. The zero-order valence-corrected chi connectivity index (χ0v) is 12.7. The summed E-state index contributed by atoms with van der Waals surface area (Å²) in [6, 6.07) is 18.1. The van der Waals surface area contributed by atoms with Gasteiger partial charge in [0.05, 0.1) is 13.5 Å². The van der Waals surface area contributed by atoms with E-state index in [1.54, 1.807) is 19.2 Å². The van der Waals surface area contributed by atoms with E-state index in [1.165, 1.54) is 0 Å². The number of anilines is 1. The molecule has 116 valence electrons. The maximum atomic E-state index is 12.3. The Morgan fingerprint density at radius 1 is 1.00 bits per heavy atom. The van der Waals surface area contributed by atoms with Crippen LogP contribution in [0.3, 0.4) is 0 Å². The summed E-state index contributed by atoms with van der Waals surface area (Å²) in [7, 11) is 1.61. The fraction of sp³-hybridized carbons (Fsp3) is 0.105. The molecule has 0 saturated heterocycles. The quantitative estimate of drug-likeness (QED) is 0.772. The Balaban J connectivity index is 1.78. The molecule has 4 heteroatoms. The Labute approximate surface area is 134 Å². The van der Waals surface area contributed by atoms with Gasteiger partial charge in [-0.3, -0.25) is 4.79 Å². The second kappa shape index (κ2) is 6.40. The van der Waals surface area contributed by atoms with E-state index in [2.05, 4.69) is 5.32 Å². The van der Waals surface area contributed by atoms with Crippen LogP contribution in [0.25, 0.3) is 10.8 Å². The van der Waals surface area contributed by atoms with E-state index in [0.29, 0.717) is 5.69 Å². The lowest BCUT2D eigenvalue weighted by atomic mass is 10.1. The average molecular weight is 307 g/mol. The molecule has 0 aromatic heterocycles. The first-order valence-electron chi connectivity index (χ1n) is 7.31. The number of hydrogen-bond acceptors (Lipinski definition) is 3. The van der Waals surface area contributed by atoms with Crippen molar-refractivity contribution >= 4 is 22.4 Å². The number of methoxy groups -OCH3 is 1. The molecule has 0 aliphatic heterocycles. The lowest BCUT2D eigenvalue weighted by molar-refractivity contribution is -0.115. The van der Waals surface area contributed by atoms with Crippen LogP contribution in [0.2, 0.25) is 0 Å². The third kappa shape index (κ3) is 3.26. The Hall–Kier alpha value is -3.01. The van der Waals surface area contributed by atoms with Crippen LogP contribution in [0.5, 0.6) is 11.5 Å². The summed E-state index contributed by atoms with van der Waals surface area (Å²) in [4.78, 5) is 12.3. The Morgan fingerprint density at radius 3 is 2.43 bits per heavy atom. The number of hydrogen-bond donors (Lipinski definition) is 2. The summed E-state index contributed by atoms with van der Waals surface area (Å²) >= 11 is 0. The summed E-state index contributed by atoms with van der Waals surface area (Å²) in [5.41, 5.74) is 1.60. The van der Waals surface area contributed by atoms with Crippen molar-refractivity contribution in [3.05, 3.63) is 66.2 Å². The molecule has 23 heavy (non-hydrogen) atoms. The van der Waals surface area contributed by atoms with Crippen LogP contribution in [-0.4, -0.2) is 18.1 Å². The Morgan fingerprint density at radius 2 is 1.70 bits per heavy atom. The number of carbonyl (C=O) groups is 1. The van der Waals surface area contributed by atoms with E-state index in [0.717, 1.165) is 22.1 Å². The average Bonchev–Trinajstić information content (AvgIpc) is 2.56. The smallest absolute Gasteiger partial charge is 0.228 e. The van der Waals surface area contributed by atoms with Crippen LogP contribution in [0.15, 0.2) is 60.7 Å². The van der Waals surface area contributed by atoms with Crippen molar-refractivity contribution < 1.29 is 14.6 Å². The number of ether oxygens (including phenoxy) is 1. The molecule has 3 aromatic rings. The predicted molar refractivity (Wildman–Crippen MR) is 90.9 cm³/mol. The molecule has 0 aliphatic carbocycles. The molecule has 3 aromatic carbocycles. The van der Waals surface area contributed by atoms with Crippen LogP contribution in [0, 0.1) is 0 Å². The molecule has 0 aliphatic rings. The minimum Gasteiger partial charge on any atom is -0.507 e. The summed E-state index contributed by atoms with van der Waals surface area (Å²) in [6.45, 7) is 0. The molecule has 4 nitrogen and oxygen atoms in total. The lowest BCUT2D eigenvalue weighted by Gasteiger charge is -2.10. The van der Waals surface area contributed by atoms with E-state index in [-0.39, 0.29) is 18.1 Å². The zero-order chi connectivity index (χ0) is 16.2. The molecular formula is C19H17NO3. The summed E-state index contributed by atoms with van der Waals surface area (Å²) < 4.78 is 5.10. The molecule has 0 atom stereocenters. The van der Waals surface area contributed by atoms with E-state index in [1.807, 2.05) is 48.5 Å². The molecule has 0 spiro atoms. The standard InChI is InChI=1S/C19H17NO3/c1-23-14-10-8-13(9-11-14)12-19(22)20-17-6-2-5-16-15(17)4-3-7-18(16)21/h2-11,21H,12H2,1H3,(H,20,22). The monoisotopic (exact) mass is 307 g/mol. The third-order valence-electron chi connectivity index (χ3n) is 3.70. The number of phenols is 1. The molecule has 3 rings (SSSR count). The van der Waals surface area contributed by atoms with Crippen LogP contribution in [-0.2, 0) is 11.2 Å². The Bertz CT molecular complexity index is 841. The van der Waals surface area contributed by atoms with Crippen molar-refractivity contribution in [2.75, 3.05) is 12.4 Å². The topological polar surface area (TPSA) is 58.6 Å². The first kappa shape index (κ1) is 14.9. The molecule has 0 heterocycles. The van der Waals surface area contributed by atoms with Gasteiger partial charge in [-0.2, -0.15) is 0 Å². The molecule has 2 N–H and O–H groups in total. The van der Waals surface area contributed by atoms with Gasteiger partial charge in [-0.25, -0.2) is 0 Å². The zero-order valence-electron chi connectivity index (χ0n) is 12.7. The fourth-order valence-corrected chi connectivity index (χ4v) is 2.53. The van der Waals surface area contributed by atoms with Gasteiger partial charge < -0.3 is 15.2 Å². The van der Waals surface area contributed by atoms with Gasteiger partial charge >= 0.3 is 0 Å². The van der Waals surface area contributed by atoms with E-state index < -0.39 is 0 Å². The summed E-state index contributed by atoms with van der Waals surface area (Å²) in [6.07, 6.45) is 0.277. The molecule has 0 radical (unpaired) electrons. The molecule has 1 amide bonds. The SMILES string of the molecule is COc1ccc(CC(=O)Nc2cccc3c(O)cccc23)cc1. The van der Waals surface area contributed by atoms with Gasteiger partial charge in [0.15, 0.2) is 0 Å². The van der Waals surface area contributed by atoms with E-state index >= 15 is 0 Å². The van der Waals surface area contributed by atoms with E-state index in [4.69, 9.17) is 4.74 Å². The highest BCUT2D eigenvalue weighted by molar-refractivity contribution is 6.04. The van der Waals surface area contributed by atoms with Gasteiger partial charge in [-0.1, -0.05) is 36.4 Å². The number of rotatable bonds is 4. The Kier molecular flexibility index (Phi) is 4.15.